The Morgan fingerprint density at radius 1 is 0.929 bits per heavy atom. The molecule has 0 aromatic carbocycles. The first-order chi connectivity index (χ1) is 12.7. The third-order valence-electron chi connectivity index (χ3n) is 5.09. The lowest BCUT2D eigenvalue weighted by molar-refractivity contribution is -0.138. The molecule has 0 heterocycles. The van der Waals surface area contributed by atoms with E-state index in [1.165, 1.54) is 0 Å². The maximum absolute atomic E-state index is 12.5. The first-order valence-corrected chi connectivity index (χ1v) is 10.4. The van der Waals surface area contributed by atoms with Crippen LogP contribution in [0.1, 0.15) is 81.6 Å². The highest BCUT2D eigenvalue weighted by Crippen LogP contribution is 2.22. The summed E-state index contributed by atoms with van der Waals surface area (Å²) in [5, 5.41) is 5.88. The molecule has 0 aliphatic heterocycles. The predicted octanol–water partition coefficient (Wildman–Crippen LogP) is 3.48. The van der Waals surface area contributed by atoms with Crippen molar-refractivity contribution in [2.45, 2.75) is 93.2 Å². The van der Waals surface area contributed by atoms with Crippen molar-refractivity contribution in [2.75, 3.05) is 13.2 Å². The predicted molar refractivity (Wildman–Crippen MR) is 113 cm³/mol. The number of ether oxygens (including phenoxy) is 1. The van der Waals surface area contributed by atoms with Gasteiger partial charge >= 0.3 is 0 Å². The monoisotopic (exact) mass is 398 g/mol. The number of carbonyl (C=O) groups excluding carboxylic acids is 3. The first kappa shape index (κ1) is 26.6. The fourth-order valence-corrected chi connectivity index (χ4v) is 2.20. The van der Waals surface area contributed by atoms with Crippen molar-refractivity contribution in [1.29, 1.82) is 0 Å². The van der Waals surface area contributed by atoms with E-state index in [1.54, 1.807) is 0 Å². The second kappa shape index (κ2) is 11.5. The van der Waals surface area contributed by atoms with E-state index in [-0.39, 0.29) is 42.4 Å². The standard InChI is InChI=1S/C22H42N2O4/c1-15(2)17(5)24-20(27)21(6,7)14-28-22(8,9)12-13-23-19(26)11-10-18(25)16(3)4/h15-17H,10-14H2,1-9H3,(H,23,26)(H,24,27). The van der Waals surface area contributed by atoms with Crippen molar-refractivity contribution in [2.24, 2.45) is 17.3 Å². The van der Waals surface area contributed by atoms with Crippen molar-refractivity contribution in [3.05, 3.63) is 0 Å². The van der Waals surface area contributed by atoms with Crippen LogP contribution in [0.5, 0.6) is 0 Å². The summed E-state index contributed by atoms with van der Waals surface area (Å²) in [6.45, 7) is 18.2. The Balaban J connectivity index is 4.33. The number of amides is 2. The molecule has 0 radical (unpaired) electrons. The van der Waals surface area contributed by atoms with Crippen LogP contribution in [-0.4, -0.2) is 42.4 Å². The number of hydrogen-bond acceptors (Lipinski definition) is 4. The van der Waals surface area contributed by atoms with Gasteiger partial charge in [0, 0.05) is 31.3 Å². The van der Waals surface area contributed by atoms with Gasteiger partial charge in [0.15, 0.2) is 0 Å². The van der Waals surface area contributed by atoms with Crippen LogP contribution in [0.4, 0.5) is 0 Å². The quantitative estimate of drug-likeness (QED) is 0.497. The van der Waals surface area contributed by atoms with Crippen molar-refractivity contribution in [1.82, 2.24) is 10.6 Å². The minimum Gasteiger partial charge on any atom is -0.374 e. The van der Waals surface area contributed by atoms with Crippen LogP contribution in [0.25, 0.3) is 0 Å². The van der Waals surface area contributed by atoms with Crippen LogP contribution in [0.3, 0.4) is 0 Å². The van der Waals surface area contributed by atoms with Crippen molar-refractivity contribution in [3.8, 4) is 0 Å². The van der Waals surface area contributed by atoms with E-state index in [0.717, 1.165) is 0 Å². The van der Waals surface area contributed by atoms with Gasteiger partial charge in [-0.3, -0.25) is 14.4 Å². The van der Waals surface area contributed by atoms with Crippen LogP contribution in [0.2, 0.25) is 0 Å². The zero-order valence-corrected chi connectivity index (χ0v) is 19.4. The summed E-state index contributed by atoms with van der Waals surface area (Å²) in [5.41, 5.74) is -1.11. The van der Waals surface area contributed by atoms with Gasteiger partial charge in [-0.1, -0.05) is 27.7 Å². The third-order valence-corrected chi connectivity index (χ3v) is 5.09. The van der Waals surface area contributed by atoms with Crippen LogP contribution in [0.15, 0.2) is 0 Å². The van der Waals surface area contributed by atoms with Crippen LogP contribution >= 0.6 is 0 Å². The van der Waals surface area contributed by atoms with E-state index in [1.807, 2.05) is 48.5 Å². The summed E-state index contributed by atoms with van der Waals surface area (Å²) in [5.74, 6) is 0.298. The Labute approximate surface area is 171 Å². The molecule has 6 nitrogen and oxygen atoms in total. The van der Waals surface area contributed by atoms with Crippen LogP contribution < -0.4 is 10.6 Å². The molecule has 0 aromatic heterocycles. The van der Waals surface area contributed by atoms with E-state index in [4.69, 9.17) is 4.74 Å². The molecule has 2 amide bonds. The maximum Gasteiger partial charge on any atom is 0.228 e. The van der Waals surface area contributed by atoms with Gasteiger partial charge in [0.1, 0.15) is 5.78 Å². The molecule has 0 aliphatic carbocycles. The number of nitrogens with one attached hydrogen (secondary N) is 2. The molecule has 1 atom stereocenters. The maximum atomic E-state index is 12.5. The molecule has 0 saturated heterocycles. The van der Waals surface area contributed by atoms with Gasteiger partial charge in [-0.2, -0.15) is 0 Å². The summed E-state index contributed by atoms with van der Waals surface area (Å²) < 4.78 is 6.00. The molecule has 2 N–H and O–H groups in total. The lowest BCUT2D eigenvalue weighted by Gasteiger charge is -2.32. The summed E-state index contributed by atoms with van der Waals surface area (Å²) in [7, 11) is 0. The average molecular weight is 399 g/mol. The van der Waals surface area contributed by atoms with E-state index >= 15 is 0 Å². The molecule has 1 unspecified atom stereocenters. The van der Waals surface area contributed by atoms with Gasteiger partial charge in [-0.15, -0.1) is 0 Å². The minimum atomic E-state index is -0.638. The molecule has 0 bridgehead atoms. The van der Waals surface area contributed by atoms with E-state index < -0.39 is 11.0 Å². The number of Topliss-reactive ketones (excluding diaryl/α,β-unsaturated/α-hetero) is 1. The molecule has 0 fully saturated rings. The van der Waals surface area contributed by atoms with E-state index in [9.17, 15) is 14.4 Å². The van der Waals surface area contributed by atoms with Gasteiger partial charge in [-0.25, -0.2) is 0 Å². The average Bonchev–Trinajstić information content (AvgIpc) is 2.57. The number of hydrogen-bond donors (Lipinski definition) is 2. The fraction of sp³-hybridized carbons (Fsp3) is 0.864. The van der Waals surface area contributed by atoms with E-state index in [2.05, 4.69) is 24.5 Å². The highest BCUT2D eigenvalue weighted by molar-refractivity contribution is 5.85. The zero-order chi connectivity index (χ0) is 22.1. The smallest absolute Gasteiger partial charge is 0.228 e. The Kier molecular flexibility index (Phi) is 11.0. The SMILES string of the molecule is CC(C)C(=O)CCC(=O)NCCC(C)(C)OCC(C)(C)C(=O)NC(C)C(C)C. The topological polar surface area (TPSA) is 84.5 Å². The summed E-state index contributed by atoms with van der Waals surface area (Å²) in [6.07, 6.45) is 1.12. The van der Waals surface area contributed by atoms with E-state index in [0.29, 0.717) is 25.5 Å². The van der Waals surface area contributed by atoms with Crippen molar-refractivity contribution >= 4 is 17.6 Å². The highest BCUT2D eigenvalue weighted by Gasteiger charge is 2.32. The van der Waals surface area contributed by atoms with Gasteiger partial charge in [0.05, 0.1) is 17.6 Å². The summed E-state index contributed by atoms with van der Waals surface area (Å²) in [6, 6.07) is 0.109. The third kappa shape index (κ3) is 10.8. The van der Waals surface area contributed by atoms with Crippen LogP contribution in [-0.2, 0) is 19.1 Å². The molecule has 0 saturated carbocycles. The molecular formula is C22H42N2O4. The fourth-order valence-electron chi connectivity index (χ4n) is 2.20. The van der Waals surface area contributed by atoms with Crippen molar-refractivity contribution in [3.63, 3.8) is 0 Å². The Hall–Kier alpha value is -1.43. The zero-order valence-electron chi connectivity index (χ0n) is 19.4. The van der Waals surface area contributed by atoms with Gasteiger partial charge in [-0.05, 0) is 47.0 Å². The minimum absolute atomic E-state index is 0.0207. The van der Waals surface area contributed by atoms with Gasteiger partial charge in [0.25, 0.3) is 0 Å². The lowest BCUT2D eigenvalue weighted by atomic mass is 9.91. The molecule has 0 aliphatic rings. The summed E-state index contributed by atoms with van der Waals surface area (Å²) >= 11 is 0. The molecule has 6 heteroatoms. The molecule has 28 heavy (non-hydrogen) atoms. The molecule has 0 aromatic rings. The Bertz CT molecular complexity index is 525. The first-order valence-electron chi connectivity index (χ1n) is 10.4. The normalized spacial score (nSPS) is 13.5. The molecule has 0 rings (SSSR count). The highest BCUT2D eigenvalue weighted by atomic mass is 16.5. The number of carbonyl (C=O) groups is 3. The Morgan fingerprint density at radius 2 is 1.50 bits per heavy atom. The van der Waals surface area contributed by atoms with Gasteiger partial charge in [0.2, 0.25) is 11.8 Å². The number of rotatable bonds is 13. The summed E-state index contributed by atoms with van der Waals surface area (Å²) in [4.78, 5) is 35.9. The lowest BCUT2D eigenvalue weighted by Crippen LogP contribution is -2.47. The van der Waals surface area contributed by atoms with Crippen molar-refractivity contribution < 1.29 is 19.1 Å². The second-order valence-corrected chi connectivity index (χ2v) is 9.66. The largest absolute Gasteiger partial charge is 0.374 e. The second-order valence-electron chi connectivity index (χ2n) is 9.66. The van der Waals surface area contributed by atoms with Crippen LogP contribution in [0, 0.1) is 17.3 Å². The molecule has 0 spiro atoms. The van der Waals surface area contributed by atoms with Gasteiger partial charge < -0.3 is 15.4 Å². The Morgan fingerprint density at radius 3 is 2.00 bits per heavy atom. The number of ketones is 1. The molecule has 164 valence electrons. The molecular weight excluding hydrogens is 356 g/mol.